The summed E-state index contributed by atoms with van der Waals surface area (Å²) < 4.78 is 0. The SMILES string of the molecule is CC(C)CN(C)C(=O)Nc1ccc(C(C)(C)C(=O)O)cc1. The number of carboxylic acids is 1. The molecular weight excluding hydrogens is 268 g/mol. The molecule has 5 nitrogen and oxygen atoms in total. The van der Waals surface area contributed by atoms with Crippen molar-refractivity contribution in [3.63, 3.8) is 0 Å². The minimum absolute atomic E-state index is 0.172. The molecule has 0 aliphatic heterocycles. The monoisotopic (exact) mass is 292 g/mol. The molecule has 2 N–H and O–H groups in total. The Bertz CT molecular complexity index is 507. The van der Waals surface area contributed by atoms with Gasteiger partial charge in [-0.2, -0.15) is 0 Å². The molecule has 21 heavy (non-hydrogen) atoms. The van der Waals surface area contributed by atoms with Gasteiger partial charge in [0, 0.05) is 19.3 Å². The van der Waals surface area contributed by atoms with Crippen LogP contribution in [0.3, 0.4) is 0 Å². The Labute approximate surface area is 126 Å². The third-order valence-corrected chi connectivity index (χ3v) is 3.38. The summed E-state index contributed by atoms with van der Waals surface area (Å²) >= 11 is 0. The van der Waals surface area contributed by atoms with Gasteiger partial charge < -0.3 is 15.3 Å². The lowest BCUT2D eigenvalue weighted by Gasteiger charge is -2.21. The number of hydrogen-bond donors (Lipinski definition) is 2. The van der Waals surface area contributed by atoms with Crippen molar-refractivity contribution in [2.75, 3.05) is 18.9 Å². The number of aliphatic carboxylic acids is 1. The van der Waals surface area contributed by atoms with E-state index in [-0.39, 0.29) is 6.03 Å². The Morgan fingerprint density at radius 3 is 2.19 bits per heavy atom. The van der Waals surface area contributed by atoms with Crippen molar-refractivity contribution in [2.45, 2.75) is 33.1 Å². The largest absolute Gasteiger partial charge is 0.481 e. The van der Waals surface area contributed by atoms with Crippen LogP contribution in [0.1, 0.15) is 33.3 Å². The average molecular weight is 292 g/mol. The first-order valence-corrected chi connectivity index (χ1v) is 7.00. The molecule has 0 unspecified atom stereocenters. The normalized spacial score (nSPS) is 11.3. The summed E-state index contributed by atoms with van der Waals surface area (Å²) in [6.45, 7) is 8.08. The highest BCUT2D eigenvalue weighted by Crippen LogP contribution is 2.24. The van der Waals surface area contributed by atoms with Crippen LogP contribution in [0.5, 0.6) is 0 Å². The molecule has 0 atom stereocenters. The van der Waals surface area contributed by atoms with Crippen molar-refractivity contribution in [3.05, 3.63) is 29.8 Å². The molecule has 0 fully saturated rings. The van der Waals surface area contributed by atoms with Gasteiger partial charge in [-0.3, -0.25) is 4.79 Å². The molecule has 0 radical (unpaired) electrons. The second-order valence-corrected chi connectivity index (χ2v) is 6.21. The Morgan fingerprint density at radius 2 is 1.76 bits per heavy atom. The van der Waals surface area contributed by atoms with Crippen molar-refractivity contribution in [1.29, 1.82) is 0 Å². The smallest absolute Gasteiger partial charge is 0.321 e. The molecule has 116 valence electrons. The van der Waals surface area contributed by atoms with Gasteiger partial charge in [-0.1, -0.05) is 26.0 Å². The maximum absolute atomic E-state index is 12.0. The topological polar surface area (TPSA) is 69.6 Å². The molecule has 1 rings (SSSR count). The van der Waals surface area contributed by atoms with Gasteiger partial charge in [0.15, 0.2) is 0 Å². The zero-order valence-corrected chi connectivity index (χ0v) is 13.3. The number of urea groups is 1. The lowest BCUT2D eigenvalue weighted by atomic mass is 9.85. The van der Waals surface area contributed by atoms with Crippen LogP contribution < -0.4 is 5.32 Å². The molecule has 0 aliphatic rings. The fourth-order valence-corrected chi connectivity index (χ4v) is 1.94. The second kappa shape index (κ2) is 6.61. The Kier molecular flexibility index (Phi) is 5.35. The molecule has 0 bridgehead atoms. The summed E-state index contributed by atoms with van der Waals surface area (Å²) in [7, 11) is 1.75. The Balaban J connectivity index is 2.76. The summed E-state index contributed by atoms with van der Waals surface area (Å²) in [4.78, 5) is 24.8. The lowest BCUT2D eigenvalue weighted by Crippen LogP contribution is -2.34. The highest BCUT2D eigenvalue weighted by Gasteiger charge is 2.29. The van der Waals surface area contributed by atoms with Crippen LogP contribution in [0.4, 0.5) is 10.5 Å². The van der Waals surface area contributed by atoms with Crippen molar-refractivity contribution >= 4 is 17.7 Å². The summed E-state index contributed by atoms with van der Waals surface area (Å²) in [5.74, 6) is -0.476. The van der Waals surface area contributed by atoms with Crippen molar-refractivity contribution < 1.29 is 14.7 Å². The standard InChI is InChI=1S/C16H24N2O3/c1-11(2)10-18(5)15(21)17-13-8-6-12(7-9-13)16(3,4)14(19)20/h6-9,11H,10H2,1-5H3,(H,17,21)(H,19,20). The molecule has 5 heteroatoms. The summed E-state index contributed by atoms with van der Waals surface area (Å²) in [5, 5.41) is 12.0. The van der Waals surface area contributed by atoms with E-state index in [0.29, 0.717) is 23.7 Å². The zero-order valence-electron chi connectivity index (χ0n) is 13.3. The third kappa shape index (κ3) is 4.48. The van der Waals surface area contributed by atoms with Crippen LogP contribution in [0, 0.1) is 5.92 Å². The number of amides is 2. The van der Waals surface area contributed by atoms with Crippen LogP contribution in [-0.4, -0.2) is 35.6 Å². The third-order valence-electron chi connectivity index (χ3n) is 3.38. The van der Waals surface area contributed by atoms with Crippen molar-refractivity contribution in [1.82, 2.24) is 4.90 Å². The van der Waals surface area contributed by atoms with Gasteiger partial charge in [0.25, 0.3) is 0 Å². The molecule has 1 aromatic carbocycles. The van der Waals surface area contributed by atoms with Gasteiger partial charge in [0.1, 0.15) is 0 Å². The van der Waals surface area contributed by atoms with Crippen molar-refractivity contribution in [2.24, 2.45) is 5.92 Å². The van der Waals surface area contributed by atoms with Crippen LogP contribution in [0.2, 0.25) is 0 Å². The quantitative estimate of drug-likeness (QED) is 0.875. The van der Waals surface area contributed by atoms with Gasteiger partial charge >= 0.3 is 12.0 Å². The van der Waals surface area contributed by atoms with Crippen LogP contribution in [-0.2, 0) is 10.2 Å². The first kappa shape index (κ1) is 17.0. The predicted molar refractivity (Wildman–Crippen MR) is 83.6 cm³/mol. The van der Waals surface area contributed by atoms with Gasteiger partial charge in [0.2, 0.25) is 0 Å². The average Bonchev–Trinajstić information content (AvgIpc) is 2.38. The van der Waals surface area contributed by atoms with Gasteiger partial charge in [-0.25, -0.2) is 4.79 Å². The van der Waals surface area contributed by atoms with E-state index in [4.69, 9.17) is 0 Å². The lowest BCUT2D eigenvalue weighted by molar-refractivity contribution is -0.142. The van der Waals surface area contributed by atoms with Gasteiger partial charge in [0.05, 0.1) is 5.41 Å². The second-order valence-electron chi connectivity index (χ2n) is 6.21. The summed E-state index contributed by atoms with van der Waals surface area (Å²) in [6.07, 6.45) is 0. The molecule has 0 saturated carbocycles. The minimum atomic E-state index is -0.947. The van der Waals surface area contributed by atoms with Gasteiger partial charge in [-0.15, -0.1) is 0 Å². The Morgan fingerprint density at radius 1 is 1.24 bits per heavy atom. The fraction of sp³-hybridized carbons (Fsp3) is 0.500. The van der Waals surface area contributed by atoms with Crippen LogP contribution >= 0.6 is 0 Å². The number of nitrogens with zero attached hydrogens (tertiary/aromatic N) is 1. The first-order valence-electron chi connectivity index (χ1n) is 7.00. The number of rotatable bonds is 5. The number of nitrogens with one attached hydrogen (secondary N) is 1. The molecule has 0 saturated heterocycles. The predicted octanol–water partition coefficient (Wildman–Crippen LogP) is 3.17. The Hall–Kier alpha value is -2.04. The van der Waals surface area contributed by atoms with E-state index in [1.807, 2.05) is 13.8 Å². The minimum Gasteiger partial charge on any atom is -0.481 e. The van der Waals surface area contributed by atoms with E-state index < -0.39 is 11.4 Å². The number of carbonyl (C=O) groups excluding carboxylic acids is 1. The number of carboxylic acid groups (broad SMARTS) is 1. The van der Waals surface area contributed by atoms with E-state index in [2.05, 4.69) is 5.32 Å². The maximum atomic E-state index is 12.0. The summed E-state index contributed by atoms with van der Waals surface area (Å²) in [6, 6.07) is 6.73. The molecule has 2 amide bonds. The number of carbonyl (C=O) groups is 2. The van der Waals surface area contributed by atoms with E-state index in [1.54, 1.807) is 50.1 Å². The number of hydrogen-bond acceptors (Lipinski definition) is 2. The molecule has 0 aliphatic carbocycles. The molecule has 0 spiro atoms. The van der Waals surface area contributed by atoms with Crippen molar-refractivity contribution in [3.8, 4) is 0 Å². The number of anilines is 1. The van der Waals surface area contributed by atoms with Gasteiger partial charge in [-0.05, 0) is 37.5 Å². The maximum Gasteiger partial charge on any atom is 0.321 e. The van der Waals surface area contributed by atoms with E-state index >= 15 is 0 Å². The summed E-state index contributed by atoms with van der Waals surface area (Å²) in [5.41, 5.74) is 0.404. The highest BCUT2D eigenvalue weighted by atomic mass is 16.4. The van der Waals surface area contributed by atoms with E-state index in [9.17, 15) is 14.7 Å². The van der Waals surface area contributed by atoms with E-state index in [0.717, 1.165) is 0 Å². The molecule has 1 aromatic rings. The zero-order chi connectivity index (χ0) is 16.2. The number of benzene rings is 1. The molecule has 0 heterocycles. The fourth-order valence-electron chi connectivity index (χ4n) is 1.94. The van der Waals surface area contributed by atoms with Crippen LogP contribution in [0.25, 0.3) is 0 Å². The first-order chi connectivity index (χ1) is 9.64. The molecular formula is C16H24N2O3. The van der Waals surface area contributed by atoms with Crippen LogP contribution in [0.15, 0.2) is 24.3 Å². The van der Waals surface area contributed by atoms with E-state index in [1.165, 1.54) is 0 Å². The highest BCUT2D eigenvalue weighted by molar-refractivity contribution is 5.89. The molecule has 0 aromatic heterocycles.